The molecule has 1 heterocycles. The fraction of sp³-hybridized carbons (Fsp3) is 0.538. The van der Waals surface area contributed by atoms with Crippen LogP contribution in [0.25, 0.3) is 0 Å². The first-order valence-electron chi connectivity index (χ1n) is 6.04. The SMILES string of the molecule is COc1ccc(C(NN)C2(C)CCCS2)c(F)c1. The van der Waals surface area contributed by atoms with Crippen LogP contribution in [0, 0.1) is 5.82 Å². The van der Waals surface area contributed by atoms with E-state index in [9.17, 15) is 4.39 Å². The van der Waals surface area contributed by atoms with Crippen molar-refractivity contribution in [1.29, 1.82) is 0 Å². The lowest BCUT2D eigenvalue weighted by Gasteiger charge is -2.33. The fourth-order valence-corrected chi connectivity index (χ4v) is 3.90. The standard InChI is InChI=1S/C13H19FN2OS/c1-13(6-3-7-18-13)12(16-15)10-5-4-9(17-2)8-11(10)14/h4-5,8,12,16H,3,6-7,15H2,1-2H3. The first kappa shape index (κ1) is 13.6. The number of nitrogens with two attached hydrogens (primary N) is 1. The molecule has 3 nitrogen and oxygen atoms in total. The molecule has 1 aliphatic rings. The first-order valence-corrected chi connectivity index (χ1v) is 7.03. The number of nitrogens with one attached hydrogen (secondary N) is 1. The molecule has 1 aliphatic heterocycles. The van der Waals surface area contributed by atoms with Gasteiger partial charge in [0.15, 0.2) is 0 Å². The van der Waals surface area contributed by atoms with E-state index >= 15 is 0 Å². The molecule has 0 aromatic heterocycles. The maximum Gasteiger partial charge on any atom is 0.131 e. The van der Waals surface area contributed by atoms with Gasteiger partial charge in [-0.15, -0.1) is 0 Å². The molecule has 1 aromatic rings. The van der Waals surface area contributed by atoms with Gasteiger partial charge in [-0.25, -0.2) is 4.39 Å². The van der Waals surface area contributed by atoms with Crippen molar-refractivity contribution >= 4 is 11.8 Å². The Kier molecular flexibility index (Phi) is 4.14. The number of benzene rings is 1. The Hall–Kier alpha value is -0.780. The van der Waals surface area contributed by atoms with Crippen molar-refractivity contribution < 1.29 is 9.13 Å². The van der Waals surface area contributed by atoms with Crippen molar-refractivity contribution in [3.63, 3.8) is 0 Å². The van der Waals surface area contributed by atoms with Gasteiger partial charge in [-0.3, -0.25) is 11.3 Å². The van der Waals surface area contributed by atoms with Crippen molar-refractivity contribution in [2.75, 3.05) is 12.9 Å². The molecular weight excluding hydrogens is 251 g/mol. The average Bonchev–Trinajstić information content (AvgIpc) is 2.79. The molecule has 1 saturated heterocycles. The normalized spacial score (nSPS) is 25.1. The van der Waals surface area contributed by atoms with Crippen LogP contribution >= 0.6 is 11.8 Å². The van der Waals surface area contributed by atoms with Crippen LogP contribution in [0.15, 0.2) is 18.2 Å². The van der Waals surface area contributed by atoms with E-state index in [0.29, 0.717) is 11.3 Å². The predicted octanol–water partition coefficient (Wildman–Crippen LogP) is 2.62. The molecular formula is C13H19FN2OS. The van der Waals surface area contributed by atoms with Crippen molar-refractivity contribution in [2.45, 2.75) is 30.6 Å². The van der Waals surface area contributed by atoms with Crippen molar-refractivity contribution in [1.82, 2.24) is 5.43 Å². The number of hydrogen-bond acceptors (Lipinski definition) is 4. The lowest BCUT2D eigenvalue weighted by molar-refractivity contribution is 0.394. The molecule has 0 radical (unpaired) electrons. The van der Waals surface area contributed by atoms with Crippen LogP contribution in [-0.4, -0.2) is 17.6 Å². The van der Waals surface area contributed by atoms with Gasteiger partial charge >= 0.3 is 0 Å². The zero-order valence-electron chi connectivity index (χ0n) is 10.7. The monoisotopic (exact) mass is 270 g/mol. The second-order valence-corrected chi connectivity index (χ2v) is 6.38. The van der Waals surface area contributed by atoms with Crippen molar-refractivity contribution in [3.05, 3.63) is 29.6 Å². The molecule has 0 aliphatic carbocycles. The van der Waals surface area contributed by atoms with Crippen LogP contribution < -0.4 is 16.0 Å². The molecule has 3 N–H and O–H groups in total. The lowest BCUT2D eigenvalue weighted by Crippen LogP contribution is -2.41. The summed E-state index contributed by atoms with van der Waals surface area (Å²) in [5, 5.41) is 0. The fourth-order valence-electron chi connectivity index (χ4n) is 2.49. The molecule has 0 amide bonds. The van der Waals surface area contributed by atoms with E-state index in [-0.39, 0.29) is 16.6 Å². The third-order valence-electron chi connectivity index (χ3n) is 3.55. The zero-order valence-corrected chi connectivity index (χ0v) is 11.5. The van der Waals surface area contributed by atoms with Crippen LogP contribution in [0.2, 0.25) is 0 Å². The summed E-state index contributed by atoms with van der Waals surface area (Å²) in [6, 6.07) is 4.74. The highest BCUT2D eigenvalue weighted by atomic mass is 32.2. The number of halogens is 1. The minimum Gasteiger partial charge on any atom is -0.497 e. The van der Waals surface area contributed by atoms with E-state index in [2.05, 4.69) is 12.3 Å². The molecule has 1 aromatic carbocycles. The Balaban J connectivity index is 2.32. The molecule has 2 rings (SSSR count). The van der Waals surface area contributed by atoms with Gasteiger partial charge in [-0.2, -0.15) is 11.8 Å². The quantitative estimate of drug-likeness (QED) is 0.652. The minimum atomic E-state index is -0.272. The number of rotatable bonds is 4. The average molecular weight is 270 g/mol. The number of thioether (sulfide) groups is 1. The second kappa shape index (κ2) is 5.47. The summed E-state index contributed by atoms with van der Waals surface area (Å²) in [6.07, 6.45) is 2.19. The van der Waals surface area contributed by atoms with Gasteiger partial charge in [-0.05, 0) is 31.6 Å². The van der Waals surface area contributed by atoms with Crippen LogP contribution in [-0.2, 0) is 0 Å². The summed E-state index contributed by atoms with van der Waals surface area (Å²) < 4.78 is 19.1. The summed E-state index contributed by atoms with van der Waals surface area (Å²) in [7, 11) is 1.53. The van der Waals surface area contributed by atoms with Gasteiger partial charge in [0.2, 0.25) is 0 Å². The summed E-state index contributed by atoms with van der Waals surface area (Å²) in [5.41, 5.74) is 3.38. The molecule has 2 unspecified atom stereocenters. The second-order valence-electron chi connectivity index (χ2n) is 4.75. The Morgan fingerprint density at radius 2 is 2.33 bits per heavy atom. The summed E-state index contributed by atoms with van der Waals surface area (Å²) in [6.45, 7) is 2.14. The highest BCUT2D eigenvalue weighted by Gasteiger charge is 2.39. The van der Waals surface area contributed by atoms with Gasteiger partial charge in [0.05, 0.1) is 13.2 Å². The van der Waals surface area contributed by atoms with E-state index in [1.54, 1.807) is 12.1 Å². The maximum atomic E-state index is 14.1. The van der Waals surface area contributed by atoms with Gasteiger partial charge in [0, 0.05) is 16.4 Å². The molecule has 100 valence electrons. The number of hydrazine groups is 1. The molecule has 2 atom stereocenters. The van der Waals surface area contributed by atoms with Gasteiger partial charge in [-0.1, -0.05) is 6.07 Å². The Bertz CT molecular complexity index is 421. The van der Waals surface area contributed by atoms with Crippen LogP contribution in [0.3, 0.4) is 0 Å². The van der Waals surface area contributed by atoms with E-state index < -0.39 is 0 Å². The topological polar surface area (TPSA) is 47.3 Å². The first-order chi connectivity index (χ1) is 8.60. The summed E-state index contributed by atoms with van der Waals surface area (Å²) >= 11 is 1.85. The molecule has 0 spiro atoms. The molecule has 5 heteroatoms. The van der Waals surface area contributed by atoms with E-state index in [4.69, 9.17) is 10.6 Å². The van der Waals surface area contributed by atoms with Gasteiger partial charge in [0.1, 0.15) is 11.6 Å². The number of methoxy groups -OCH3 is 1. The van der Waals surface area contributed by atoms with E-state index in [1.165, 1.54) is 13.2 Å². The Labute approximate surface area is 111 Å². The summed E-state index contributed by atoms with van der Waals surface area (Å²) in [4.78, 5) is 0. The highest BCUT2D eigenvalue weighted by molar-refractivity contribution is 8.00. The molecule has 1 fully saturated rings. The highest BCUT2D eigenvalue weighted by Crippen LogP contribution is 2.46. The largest absolute Gasteiger partial charge is 0.497 e. The van der Waals surface area contributed by atoms with E-state index in [0.717, 1.165) is 18.6 Å². The van der Waals surface area contributed by atoms with Gasteiger partial charge in [0.25, 0.3) is 0 Å². The maximum absolute atomic E-state index is 14.1. The van der Waals surface area contributed by atoms with Crippen molar-refractivity contribution in [3.8, 4) is 5.75 Å². The number of ether oxygens (including phenoxy) is 1. The molecule has 18 heavy (non-hydrogen) atoms. The van der Waals surface area contributed by atoms with Crippen molar-refractivity contribution in [2.24, 2.45) is 5.84 Å². The Morgan fingerprint density at radius 1 is 1.56 bits per heavy atom. The lowest BCUT2D eigenvalue weighted by atomic mass is 9.90. The molecule has 0 saturated carbocycles. The third kappa shape index (κ3) is 2.48. The van der Waals surface area contributed by atoms with Gasteiger partial charge < -0.3 is 4.74 Å². The molecule has 0 bridgehead atoms. The zero-order chi connectivity index (χ0) is 13.2. The Morgan fingerprint density at radius 3 is 2.83 bits per heavy atom. The van der Waals surface area contributed by atoms with Crippen LogP contribution in [0.1, 0.15) is 31.4 Å². The number of hydrogen-bond donors (Lipinski definition) is 2. The van der Waals surface area contributed by atoms with E-state index in [1.807, 2.05) is 11.8 Å². The summed E-state index contributed by atoms with van der Waals surface area (Å²) in [5.74, 6) is 7.00. The predicted molar refractivity (Wildman–Crippen MR) is 73.1 cm³/mol. The third-order valence-corrected chi connectivity index (χ3v) is 5.14. The minimum absolute atomic E-state index is 0.0514. The smallest absolute Gasteiger partial charge is 0.131 e. The van der Waals surface area contributed by atoms with Crippen LogP contribution in [0.5, 0.6) is 5.75 Å². The van der Waals surface area contributed by atoms with Crippen LogP contribution in [0.4, 0.5) is 4.39 Å².